The van der Waals surface area contributed by atoms with Gasteiger partial charge in [0.25, 0.3) is 0 Å². The highest BCUT2D eigenvalue weighted by atomic mass is 16.8. The second kappa shape index (κ2) is 1.97. The first-order valence-electron chi connectivity index (χ1n) is 4.94. The van der Waals surface area contributed by atoms with Crippen molar-refractivity contribution in [2.75, 3.05) is 0 Å². The smallest absolute Gasteiger partial charge is 0.380 e. The van der Waals surface area contributed by atoms with Gasteiger partial charge in [0.15, 0.2) is 0 Å². The largest absolute Gasteiger partial charge is 0.640 e. The summed E-state index contributed by atoms with van der Waals surface area (Å²) in [4.78, 5) is 0. The first-order chi connectivity index (χ1) is 5.91. The highest BCUT2D eigenvalue weighted by Crippen LogP contribution is 2.54. The van der Waals surface area contributed by atoms with Crippen molar-refractivity contribution < 1.29 is 14.0 Å². The quantitative estimate of drug-likeness (QED) is 0.531. The molecule has 3 nitrogen and oxygen atoms in total. The molecule has 0 atom stereocenters. The molecule has 1 saturated carbocycles. The van der Waals surface area contributed by atoms with Gasteiger partial charge in [-0.25, -0.2) is 0 Å². The Kier molecular flexibility index (Phi) is 1.25. The molecule has 4 bridgehead atoms. The van der Waals surface area contributed by atoms with Gasteiger partial charge in [0.2, 0.25) is 0 Å². The molecule has 0 N–H and O–H groups in total. The third-order valence-corrected chi connectivity index (χ3v) is 3.39. The molecule has 3 heterocycles. The zero-order valence-corrected chi connectivity index (χ0v) is 8.42. The zero-order valence-electron chi connectivity index (χ0n) is 8.42. The maximum absolute atomic E-state index is 5.70. The van der Waals surface area contributed by atoms with Crippen LogP contribution in [-0.4, -0.2) is 24.1 Å². The lowest BCUT2D eigenvalue weighted by Gasteiger charge is -2.61. The molecule has 0 aromatic heterocycles. The van der Waals surface area contributed by atoms with Gasteiger partial charge in [-0.3, -0.25) is 0 Å². The van der Waals surface area contributed by atoms with E-state index in [1.54, 1.807) is 0 Å². The van der Waals surface area contributed by atoms with Gasteiger partial charge in [-0.1, -0.05) is 0 Å². The fourth-order valence-corrected chi connectivity index (χ4v) is 3.58. The summed E-state index contributed by atoms with van der Waals surface area (Å²) >= 11 is 0. The molecule has 0 aromatic rings. The molecule has 13 heavy (non-hydrogen) atoms. The predicted octanol–water partition coefficient (Wildman–Crippen LogP) is 1.51. The highest BCUT2D eigenvalue weighted by Gasteiger charge is 2.63. The van der Waals surface area contributed by atoms with Gasteiger partial charge in [0.1, 0.15) is 0 Å². The Hall–Kier alpha value is -0.0551. The molecule has 3 saturated heterocycles. The minimum Gasteiger partial charge on any atom is -0.380 e. The van der Waals surface area contributed by atoms with Crippen LogP contribution in [0.15, 0.2) is 0 Å². The molecule has 4 fully saturated rings. The molecular weight excluding hydrogens is 167 g/mol. The minimum absolute atomic E-state index is 0.0249. The second-order valence-electron chi connectivity index (χ2n) is 5.52. The number of hydrogen-bond acceptors (Lipinski definition) is 3. The van der Waals surface area contributed by atoms with E-state index in [1.165, 1.54) is 0 Å². The average molecular weight is 182 g/mol. The molecule has 3 aliphatic heterocycles. The van der Waals surface area contributed by atoms with Crippen LogP contribution in [-0.2, 0) is 14.0 Å². The summed E-state index contributed by atoms with van der Waals surface area (Å²) in [6, 6.07) is 0. The average Bonchev–Trinajstić information content (AvgIpc) is 1.71. The first-order valence-corrected chi connectivity index (χ1v) is 4.94. The van der Waals surface area contributed by atoms with Crippen LogP contribution in [0.3, 0.4) is 0 Å². The molecule has 72 valence electrons. The van der Waals surface area contributed by atoms with Crippen molar-refractivity contribution in [2.24, 2.45) is 0 Å². The molecule has 1 aliphatic carbocycles. The Bertz CT molecular complexity index is 217. The SMILES string of the molecule is CC12CC3(C)CC(C)(C1)OB(O2)O3. The Morgan fingerprint density at radius 3 is 1.31 bits per heavy atom. The standard InChI is InChI=1S/C9H15BO3/c1-7-4-8(2)6-9(3,5-7)13-10(11-7)12-8/h4-6H2,1-3H3. The summed E-state index contributed by atoms with van der Waals surface area (Å²) in [5.74, 6) is 0. The molecule has 4 rings (SSSR count). The molecule has 0 spiro atoms. The fraction of sp³-hybridized carbons (Fsp3) is 1.00. The summed E-state index contributed by atoms with van der Waals surface area (Å²) in [5, 5.41) is 0. The van der Waals surface area contributed by atoms with E-state index in [-0.39, 0.29) is 16.8 Å². The van der Waals surface area contributed by atoms with Crippen LogP contribution in [0.5, 0.6) is 0 Å². The lowest BCUT2D eigenvalue weighted by molar-refractivity contribution is -0.258. The van der Waals surface area contributed by atoms with Crippen LogP contribution in [0.1, 0.15) is 40.0 Å². The predicted molar refractivity (Wildman–Crippen MR) is 48.1 cm³/mol. The second-order valence-corrected chi connectivity index (χ2v) is 5.52. The maximum atomic E-state index is 5.70. The van der Waals surface area contributed by atoms with E-state index in [0.29, 0.717) is 0 Å². The summed E-state index contributed by atoms with van der Waals surface area (Å²) in [5.41, 5.74) is -0.0747. The topological polar surface area (TPSA) is 27.7 Å². The van der Waals surface area contributed by atoms with Gasteiger partial charge in [0, 0.05) is 19.3 Å². The van der Waals surface area contributed by atoms with E-state index in [9.17, 15) is 0 Å². The van der Waals surface area contributed by atoms with Gasteiger partial charge in [-0.15, -0.1) is 0 Å². The number of hydrogen-bond donors (Lipinski definition) is 0. The third kappa shape index (κ3) is 1.09. The molecule has 4 heteroatoms. The monoisotopic (exact) mass is 182 g/mol. The Labute approximate surface area is 78.9 Å². The van der Waals surface area contributed by atoms with Gasteiger partial charge >= 0.3 is 7.32 Å². The summed E-state index contributed by atoms with van der Waals surface area (Å²) in [7, 11) is -0.420. The maximum Gasteiger partial charge on any atom is 0.640 e. The minimum atomic E-state index is -0.420. The summed E-state index contributed by atoms with van der Waals surface area (Å²) in [6.07, 6.45) is 2.99. The third-order valence-electron chi connectivity index (χ3n) is 3.39. The highest BCUT2D eigenvalue weighted by molar-refractivity contribution is 6.37. The van der Waals surface area contributed by atoms with Gasteiger partial charge in [-0.05, 0) is 20.8 Å². The van der Waals surface area contributed by atoms with Crippen LogP contribution in [0.2, 0.25) is 0 Å². The Balaban J connectivity index is 2.03. The van der Waals surface area contributed by atoms with Crippen molar-refractivity contribution >= 4 is 7.32 Å². The van der Waals surface area contributed by atoms with E-state index >= 15 is 0 Å². The van der Waals surface area contributed by atoms with Crippen molar-refractivity contribution in [3.8, 4) is 0 Å². The molecule has 0 aromatic carbocycles. The molecule has 0 unspecified atom stereocenters. The van der Waals surface area contributed by atoms with Gasteiger partial charge in [0.05, 0.1) is 16.8 Å². The molecular formula is C9H15BO3. The van der Waals surface area contributed by atoms with Crippen LogP contribution >= 0.6 is 0 Å². The van der Waals surface area contributed by atoms with Crippen molar-refractivity contribution in [1.29, 1.82) is 0 Å². The van der Waals surface area contributed by atoms with Gasteiger partial charge in [-0.2, -0.15) is 0 Å². The zero-order chi connectivity index (χ0) is 9.32. The van der Waals surface area contributed by atoms with Crippen molar-refractivity contribution in [3.05, 3.63) is 0 Å². The molecule has 4 aliphatic rings. The lowest BCUT2D eigenvalue weighted by Crippen LogP contribution is -2.70. The van der Waals surface area contributed by atoms with Crippen LogP contribution in [0, 0.1) is 0 Å². The normalized spacial score (nSPS) is 58.8. The van der Waals surface area contributed by atoms with E-state index < -0.39 is 7.32 Å². The van der Waals surface area contributed by atoms with Crippen molar-refractivity contribution in [3.63, 3.8) is 0 Å². The molecule has 0 amide bonds. The van der Waals surface area contributed by atoms with Crippen LogP contribution < -0.4 is 0 Å². The van der Waals surface area contributed by atoms with Crippen molar-refractivity contribution in [2.45, 2.75) is 56.8 Å². The summed E-state index contributed by atoms with van der Waals surface area (Å²) < 4.78 is 17.1. The number of rotatable bonds is 0. The van der Waals surface area contributed by atoms with E-state index in [4.69, 9.17) is 14.0 Å². The lowest BCUT2D eigenvalue weighted by atomic mass is 9.64. The fourth-order valence-electron chi connectivity index (χ4n) is 3.58. The van der Waals surface area contributed by atoms with Gasteiger partial charge < -0.3 is 14.0 Å². The summed E-state index contributed by atoms with van der Waals surface area (Å²) in [6.45, 7) is 6.50. The Morgan fingerprint density at radius 1 is 0.769 bits per heavy atom. The Morgan fingerprint density at radius 2 is 1.08 bits per heavy atom. The van der Waals surface area contributed by atoms with E-state index in [1.807, 2.05) is 0 Å². The van der Waals surface area contributed by atoms with E-state index in [2.05, 4.69) is 20.8 Å². The van der Waals surface area contributed by atoms with Crippen molar-refractivity contribution in [1.82, 2.24) is 0 Å². The van der Waals surface area contributed by atoms with Crippen LogP contribution in [0.4, 0.5) is 0 Å². The van der Waals surface area contributed by atoms with Crippen LogP contribution in [0.25, 0.3) is 0 Å². The molecule has 0 radical (unpaired) electrons. The first kappa shape index (κ1) is 8.27. The van der Waals surface area contributed by atoms with E-state index in [0.717, 1.165) is 19.3 Å².